The van der Waals surface area contributed by atoms with Crippen molar-refractivity contribution in [3.05, 3.63) is 42.1 Å². The first kappa shape index (κ1) is 9.79. The summed E-state index contributed by atoms with van der Waals surface area (Å²) in [5, 5.41) is 10.8. The Bertz CT molecular complexity index is 504. The van der Waals surface area contributed by atoms with Crippen LogP contribution in [-0.2, 0) is 0 Å². The monoisotopic (exact) mass is 213 g/mol. The Labute approximate surface area is 94.9 Å². The van der Waals surface area contributed by atoms with E-state index in [4.69, 9.17) is 0 Å². The van der Waals surface area contributed by atoms with Gasteiger partial charge in [-0.05, 0) is 36.8 Å². The predicted octanol–water partition coefficient (Wildman–Crippen LogP) is 2.86. The summed E-state index contributed by atoms with van der Waals surface area (Å²) in [7, 11) is 0. The highest BCUT2D eigenvalue weighted by Gasteiger charge is 2.25. The minimum atomic E-state index is -0.121. The first-order chi connectivity index (χ1) is 7.84. The van der Waals surface area contributed by atoms with Crippen molar-refractivity contribution in [3.8, 4) is 0 Å². The second-order valence-electron chi connectivity index (χ2n) is 4.59. The third-order valence-electron chi connectivity index (χ3n) is 3.51. The van der Waals surface area contributed by atoms with E-state index in [9.17, 15) is 5.11 Å². The van der Waals surface area contributed by atoms with Gasteiger partial charge in [0.15, 0.2) is 0 Å². The van der Waals surface area contributed by atoms with E-state index in [2.05, 4.69) is 29.2 Å². The van der Waals surface area contributed by atoms with Gasteiger partial charge in [-0.25, -0.2) is 0 Å². The minimum Gasteiger partial charge on any atom is -0.393 e. The van der Waals surface area contributed by atoms with E-state index in [0.717, 1.165) is 24.8 Å². The maximum absolute atomic E-state index is 9.61. The van der Waals surface area contributed by atoms with Gasteiger partial charge in [0.1, 0.15) is 0 Å². The molecule has 1 saturated carbocycles. The summed E-state index contributed by atoms with van der Waals surface area (Å²) in [4.78, 5) is 4.47. The van der Waals surface area contributed by atoms with Crippen LogP contribution in [-0.4, -0.2) is 16.2 Å². The van der Waals surface area contributed by atoms with Gasteiger partial charge in [0, 0.05) is 11.6 Å². The number of fused-ring (bicyclic) bond motifs is 1. The van der Waals surface area contributed by atoms with Crippen LogP contribution in [0.15, 0.2) is 36.5 Å². The quantitative estimate of drug-likeness (QED) is 0.790. The second kappa shape index (κ2) is 3.87. The highest BCUT2D eigenvalue weighted by Crippen LogP contribution is 2.36. The van der Waals surface area contributed by atoms with Crippen LogP contribution in [0.1, 0.15) is 30.7 Å². The fraction of sp³-hybridized carbons (Fsp3) is 0.357. The highest BCUT2D eigenvalue weighted by molar-refractivity contribution is 5.82. The first-order valence-corrected chi connectivity index (χ1v) is 5.86. The van der Waals surface area contributed by atoms with Crippen LogP contribution < -0.4 is 0 Å². The van der Waals surface area contributed by atoms with Crippen LogP contribution in [0.25, 0.3) is 10.9 Å². The normalized spacial score (nSPS) is 25.1. The number of para-hydroxylation sites is 1. The lowest BCUT2D eigenvalue weighted by atomic mass is 9.95. The molecule has 2 atom stereocenters. The number of hydrogen-bond acceptors (Lipinski definition) is 2. The molecule has 2 unspecified atom stereocenters. The summed E-state index contributed by atoms with van der Waals surface area (Å²) in [5.74, 6) is 0.480. The summed E-state index contributed by atoms with van der Waals surface area (Å²) in [6.45, 7) is 0. The number of benzene rings is 1. The Hall–Kier alpha value is -1.41. The Morgan fingerprint density at radius 1 is 1.12 bits per heavy atom. The molecule has 0 spiro atoms. The average Bonchev–Trinajstić information content (AvgIpc) is 2.75. The molecule has 1 fully saturated rings. The Balaban J connectivity index is 2.09. The molecule has 2 nitrogen and oxygen atoms in total. The van der Waals surface area contributed by atoms with E-state index in [1.165, 1.54) is 10.9 Å². The van der Waals surface area contributed by atoms with E-state index in [0.29, 0.717) is 5.92 Å². The topological polar surface area (TPSA) is 33.1 Å². The highest BCUT2D eigenvalue weighted by atomic mass is 16.3. The van der Waals surface area contributed by atoms with Gasteiger partial charge >= 0.3 is 0 Å². The molecule has 16 heavy (non-hydrogen) atoms. The smallest absolute Gasteiger partial charge is 0.0736 e. The third kappa shape index (κ3) is 1.59. The Kier molecular flexibility index (Phi) is 2.37. The van der Waals surface area contributed by atoms with Crippen molar-refractivity contribution in [3.63, 3.8) is 0 Å². The van der Waals surface area contributed by atoms with E-state index >= 15 is 0 Å². The predicted molar refractivity (Wildman–Crippen MR) is 64.3 cm³/mol. The first-order valence-electron chi connectivity index (χ1n) is 5.86. The van der Waals surface area contributed by atoms with E-state index in [-0.39, 0.29) is 6.10 Å². The van der Waals surface area contributed by atoms with E-state index in [1.807, 2.05) is 12.3 Å². The summed E-state index contributed by atoms with van der Waals surface area (Å²) in [5.41, 5.74) is 2.40. The zero-order valence-electron chi connectivity index (χ0n) is 9.13. The fourth-order valence-corrected chi connectivity index (χ4v) is 2.70. The lowest BCUT2D eigenvalue weighted by molar-refractivity contribution is 0.181. The molecule has 1 heterocycles. The zero-order chi connectivity index (χ0) is 11.0. The van der Waals surface area contributed by atoms with Crippen molar-refractivity contribution in [2.45, 2.75) is 31.3 Å². The van der Waals surface area contributed by atoms with Crippen LogP contribution in [0.2, 0.25) is 0 Å². The van der Waals surface area contributed by atoms with Gasteiger partial charge in [0.25, 0.3) is 0 Å². The summed E-state index contributed by atoms with van der Waals surface area (Å²) >= 11 is 0. The minimum absolute atomic E-state index is 0.121. The largest absolute Gasteiger partial charge is 0.393 e. The van der Waals surface area contributed by atoms with Gasteiger partial charge in [-0.3, -0.25) is 4.98 Å². The summed E-state index contributed by atoms with van der Waals surface area (Å²) in [6.07, 6.45) is 4.61. The second-order valence-corrected chi connectivity index (χ2v) is 4.59. The molecular weight excluding hydrogens is 198 g/mol. The molecule has 1 aliphatic carbocycles. The number of hydrogen-bond donors (Lipinski definition) is 1. The molecule has 0 amide bonds. The van der Waals surface area contributed by atoms with Crippen LogP contribution in [0, 0.1) is 0 Å². The molecule has 1 N–H and O–H groups in total. The van der Waals surface area contributed by atoms with Crippen molar-refractivity contribution in [1.29, 1.82) is 0 Å². The summed E-state index contributed by atoms with van der Waals surface area (Å²) in [6, 6.07) is 10.4. The molecule has 1 aromatic heterocycles. The summed E-state index contributed by atoms with van der Waals surface area (Å²) < 4.78 is 0. The molecule has 0 bridgehead atoms. The molecule has 0 radical (unpaired) electrons. The van der Waals surface area contributed by atoms with E-state index < -0.39 is 0 Å². The van der Waals surface area contributed by atoms with Crippen molar-refractivity contribution >= 4 is 10.9 Å². The SMILES string of the molecule is OC1CCC(c2cccc3cccnc23)C1. The molecule has 1 aliphatic rings. The van der Waals surface area contributed by atoms with Gasteiger partial charge in [0.2, 0.25) is 0 Å². The Morgan fingerprint density at radius 3 is 2.81 bits per heavy atom. The fourth-order valence-electron chi connectivity index (χ4n) is 2.70. The molecule has 2 aromatic rings. The van der Waals surface area contributed by atoms with Gasteiger partial charge in [-0.1, -0.05) is 24.3 Å². The standard InChI is InChI=1S/C14H15NO/c16-12-7-6-11(9-12)13-5-1-3-10-4-2-8-15-14(10)13/h1-5,8,11-12,16H,6-7,9H2. The molecule has 1 aromatic carbocycles. The van der Waals surface area contributed by atoms with Crippen molar-refractivity contribution < 1.29 is 5.11 Å². The van der Waals surface area contributed by atoms with Gasteiger partial charge in [-0.2, -0.15) is 0 Å². The molecule has 2 heteroatoms. The Morgan fingerprint density at radius 2 is 2.00 bits per heavy atom. The van der Waals surface area contributed by atoms with Crippen LogP contribution in [0.5, 0.6) is 0 Å². The van der Waals surface area contributed by atoms with Crippen LogP contribution in [0.4, 0.5) is 0 Å². The van der Waals surface area contributed by atoms with Crippen molar-refractivity contribution in [2.75, 3.05) is 0 Å². The number of aromatic nitrogens is 1. The van der Waals surface area contributed by atoms with Crippen molar-refractivity contribution in [1.82, 2.24) is 4.98 Å². The molecular formula is C14H15NO. The molecule has 0 saturated heterocycles. The molecule has 82 valence electrons. The number of nitrogens with zero attached hydrogens (tertiary/aromatic N) is 1. The van der Waals surface area contributed by atoms with Gasteiger partial charge in [-0.15, -0.1) is 0 Å². The van der Waals surface area contributed by atoms with E-state index in [1.54, 1.807) is 0 Å². The third-order valence-corrected chi connectivity index (χ3v) is 3.51. The average molecular weight is 213 g/mol. The van der Waals surface area contributed by atoms with Crippen LogP contribution >= 0.6 is 0 Å². The maximum atomic E-state index is 9.61. The molecule has 0 aliphatic heterocycles. The molecule has 3 rings (SSSR count). The number of aliphatic hydroxyl groups is 1. The van der Waals surface area contributed by atoms with Gasteiger partial charge in [0.05, 0.1) is 11.6 Å². The van der Waals surface area contributed by atoms with Gasteiger partial charge < -0.3 is 5.11 Å². The number of aliphatic hydroxyl groups excluding tert-OH is 1. The van der Waals surface area contributed by atoms with Crippen LogP contribution in [0.3, 0.4) is 0 Å². The lowest BCUT2D eigenvalue weighted by Gasteiger charge is -2.12. The number of rotatable bonds is 1. The lowest BCUT2D eigenvalue weighted by Crippen LogP contribution is -2.00. The van der Waals surface area contributed by atoms with Crippen molar-refractivity contribution in [2.24, 2.45) is 0 Å². The zero-order valence-corrected chi connectivity index (χ0v) is 9.13. The maximum Gasteiger partial charge on any atom is 0.0736 e. The number of pyridine rings is 1.